The molecule has 0 aliphatic heterocycles. The molecule has 0 aliphatic rings. The summed E-state index contributed by atoms with van der Waals surface area (Å²) in [7, 11) is -4.63. The summed E-state index contributed by atoms with van der Waals surface area (Å²) >= 11 is 0. The molecule has 0 fully saturated rings. The summed E-state index contributed by atoms with van der Waals surface area (Å²) < 4.78 is 32.7. The summed E-state index contributed by atoms with van der Waals surface area (Å²) in [5.74, 6) is -0.982. The molecule has 3 atom stereocenters. The molecule has 0 aromatic heterocycles. The zero-order valence-electron chi connectivity index (χ0n) is 36.3. The molecule has 0 radical (unpaired) electrons. The summed E-state index contributed by atoms with van der Waals surface area (Å²) in [4.78, 5) is 35.0. The number of phosphoric ester groups is 1. The molecule has 0 bridgehead atoms. The molecule has 0 amide bonds. The van der Waals surface area contributed by atoms with Gasteiger partial charge in [0.05, 0.1) is 19.8 Å². The van der Waals surface area contributed by atoms with Crippen LogP contribution in [0.5, 0.6) is 0 Å². The topological polar surface area (TPSA) is 149 Å². The Bertz CT molecular complexity index is 1050. The number of hydrogen-bond acceptors (Lipinski definition) is 9. The molecular formula is C46H85O10P. The van der Waals surface area contributed by atoms with Gasteiger partial charge >= 0.3 is 19.8 Å². The second kappa shape index (κ2) is 42.3. The van der Waals surface area contributed by atoms with E-state index < -0.39 is 51.8 Å². The minimum absolute atomic E-state index is 0.158. The standard InChI is InChI=1S/C46H85O10P/c1-3-5-7-9-11-13-15-17-19-20-21-22-24-26-28-30-32-34-36-38-46(50)56-44(42-55-57(51,52)54-40-43(48)39-47)41-53-45(49)37-35-33-31-29-27-25-23-18-16-14-12-10-8-6-4-2/h11,13,17,19,31,33,43-44,47-48H,3-10,12,14-16,18,20-30,32,34-42H2,1-2H3,(H,51,52)/b13-11+,19-17+,33-31+/t43-,44+/m0/s1. The van der Waals surface area contributed by atoms with E-state index in [0.29, 0.717) is 12.8 Å². The van der Waals surface area contributed by atoms with Gasteiger partial charge in [0, 0.05) is 12.8 Å². The van der Waals surface area contributed by atoms with Gasteiger partial charge in [-0.05, 0) is 57.8 Å². The van der Waals surface area contributed by atoms with E-state index in [1.807, 2.05) is 6.08 Å². The van der Waals surface area contributed by atoms with E-state index in [-0.39, 0.29) is 19.4 Å². The molecule has 0 saturated carbocycles. The predicted molar refractivity (Wildman–Crippen MR) is 233 cm³/mol. The highest BCUT2D eigenvalue weighted by Gasteiger charge is 2.27. The van der Waals surface area contributed by atoms with Crippen molar-refractivity contribution in [3.8, 4) is 0 Å². The third-order valence-electron chi connectivity index (χ3n) is 9.78. The Hall–Kier alpha value is -1.81. The summed E-state index contributed by atoms with van der Waals surface area (Å²) in [5.41, 5.74) is 0. The first-order valence-corrected chi connectivity index (χ1v) is 24.4. The van der Waals surface area contributed by atoms with E-state index in [2.05, 4.69) is 44.2 Å². The average Bonchev–Trinajstić information content (AvgIpc) is 3.20. The number of allylic oxidation sites excluding steroid dienone is 6. The first kappa shape index (κ1) is 55.2. The molecule has 57 heavy (non-hydrogen) atoms. The van der Waals surface area contributed by atoms with Gasteiger partial charge in [-0.1, -0.05) is 172 Å². The van der Waals surface area contributed by atoms with Crippen LogP contribution in [-0.4, -0.2) is 65.7 Å². The van der Waals surface area contributed by atoms with Crippen molar-refractivity contribution in [1.82, 2.24) is 0 Å². The molecule has 0 rings (SSSR count). The smallest absolute Gasteiger partial charge is 0.462 e. The Morgan fingerprint density at radius 1 is 0.526 bits per heavy atom. The van der Waals surface area contributed by atoms with Gasteiger partial charge in [-0.15, -0.1) is 0 Å². The second-order valence-electron chi connectivity index (χ2n) is 15.4. The fourth-order valence-electron chi connectivity index (χ4n) is 6.22. The van der Waals surface area contributed by atoms with Gasteiger partial charge in [0.1, 0.15) is 12.7 Å². The largest absolute Gasteiger partial charge is 0.472 e. The van der Waals surface area contributed by atoms with Gasteiger partial charge in [0.15, 0.2) is 6.10 Å². The summed E-state index contributed by atoms with van der Waals surface area (Å²) in [5, 5.41) is 18.3. The van der Waals surface area contributed by atoms with Crippen molar-refractivity contribution in [2.75, 3.05) is 26.4 Å². The number of ether oxygens (including phenoxy) is 2. The maximum absolute atomic E-state index is 12.6. The highest BCUT2D eigenvalue weighted by Crippen LogP contribution is 2.43. The summed E-state index contributed by atoms with van der Waals surface area (Å²) in [6, 6.07) is 0. The molecule has 10 nitrogen and oxygen atoms in total. The van der Waals surface area contributed by atoms with Crippen LogP contribution in [0, 0.1) is 0 Å². The molecule has 3 N–H and O–H groups in total. The van der Waals surface area contributed by atoms with Gasteiger partial charge in [0.2, 0.25) is 0 Å². The zero-order chi connectivity index (χ0) is 41.9. The summed E-state index contributed by atoms with van der Waals surface area (Å²) in [6.07, 6.45) is 44.0. The fourth-order valence-corrected chi connectivity index (χ4v) is 7.01. The lowest BCUT2D eigenvalue weighted by Crippen LogP contribution is -2.29. The van der Waals surface area contributed by atoms with Crippen molar-refractivity contribution in [2.45, 2.75) is 219 Å². The van der Waals surface area contributed by atoms with Crippen LogP contribution in [0.25, 0.3) is 0 Å². The van der Waals surface area contributed by atoms with E-state index in [1.165, 1.54) is 122 Å². The molecule has 0 heterocycles. The fraction of sp³-hybridized carbons (Fsp3) is 0.826. The number of hydrogen-bond donors (Lipinski definition) is 3. The van der Waals surface area contributed by atoms with E-state index in [9.17, 15) is 24.2 Å². The lowest BCUT2D eigenvalue weighted by molar-refractivity contribution is -0.161. The maximum Gasteiger partial charge on any atom is 0.472 e. The lowest BCUT2D eigenvalue weighted by atomic mass is 10.1. The van der Waals surface area contributed by atoms with Gasteiger partial charge < -0.3 is 24.6 Å². The number of rotatable bonds is 43. The minimum atomic E-state index is -4.63. The van der Waals surface area contributed by atoms with Crippen LogP contribution in [0.4, 0.5) is 0 Å². The number of carbonyl (C=O) groups excluding carboxylic acids is 2. The molecule has 0 aromatic carbocycles. The van der Waals surface area contributed by atoms with Crippen LogP contribution in [0.2, 0.25) is 0 Å². The Balaban J connectivity index is 4.29. The normalized spacial score (nSPS) is 14.1. The molecule has 0 spiro atoms. The number of carbonyl (C=O) groups is 2. The molecule has 0 saturated heterocycles. The van der Waals surface area contributed by atoms with E-state index in [1.54, 1.807) is 0 Å². The van der Waals surface area contributed by atoms with E-state index in [0.717, 1.165) is 44.9 Å². The molecule has 11 heteroatoms. The van der Waals surface area contributed by atoms with Crippen molar-refractivity contribution >= 4 is 19.8 Å². The van der Waals surface area contributed by atoms with Gasteiger partial charge in [-0.25, -0.2) is 4.57 Å². The second-order valence-corrected chi connectivity index (χ2v) is 16.9. The molecular weight excluding hydrogens is 743 g/mol. The quantitative estimate of drug-likeness (QED) is 0.0235. The third kappa shape index (κ3) is 42.1. The SMILES string of the molecule is CCCCC/C=C/C/C=C/CCCCCCCCCCCC(=O)O[C@H](COC(=O)CC/C=C/CCCCCCCCCCCCC)COP(=O)(O)OC[C@@H](O)CO. The van der Waals surface area contributed by atoms with Crippen LogP contribution in [0.15, 0.2) is 36.5 Å². The van der Waals surface area contributed by atoms with Crippen LogP contribution in [0.3, 0.4) is 0 Å². The molecule has 1 unspecified atom stereocenters. The van der Waals surface area contributed by atoms with Crippen molar-refractivity contribution in [3.63, 3.8) is 0 Å². The van der Waals surface area contributed by atoms with E-state index >= 15 is 0 Å². The molecule has 334 valence electrons. The molecule has 0 aromatic rings. The maximum atomic E-state index is 12.6. The minimum Gasteiger partial charge on any atom is -0.462 e. The third-order valence-corrected chi connectivity index (χ3v) is 10.7. The van der Waals surface area contributed by atoms with Crippen molar-refractivity contribution in [1.29, 1.82) is 0 Å². The first-order valence-electron chi connectivity index (χ1n) is 22.9. The van der Waals surface area contributed by atoms with Crippen molar-refractivity contribution < 1.29 is 47.8 Å². The first-order chi connectivity index (χ1) is 27.7. The van der Waals surface area contributed by atoms with Gasteiger partial charge in [0.25, 0.3) is 0 Å². The Kier molecular flexibility index (Phi) is 41.0. The Morgan fingerprint density at radius 3 is 1.47 bits per heavy atom. The predicted octanol–water partition coefficient (Wildman–Crippen LogP) is 12.3. The Labute approximate surface area is 348 Å². The van der Waals surface area contributed by atoms with Crippen LogP contribution < -0.4 is 0 Å². The van der Waals surface area contributed by atoms with Crippen LogP contribution >= 0.6 is 7.82 Å². The van der Waals surface area contributed by atoms with Crippen molar-refractivity contribution in [3.05, 3.63) is 36.5 Å². The highest BCUT2D eigenvalue weighted by atomic mass is 31.2. The van der Waals surface area contributed by atoms with Gasteiger partial charge in [-0.2, -0.15) is 0 Å². The van der Waals surface area contributed by atoms with E-state index in [4.69, 9.17) is 23.6 Å². The lowest BCUT2D eigenvalue weighted by Gasteiger charge is -2.20. The van der Waals surface area contributed by atoms with Crippen LogP contribution in [0.1, 0.15) is 206 Å². The van der Waals surface area contributed by atoms with Crippen LogP contribution in [-0.2, 0) is 32.7 Å². The summed E-state index contributed by atoms with van der Waals surface area (Å²) in [6.45, 7) is 2.33. The average molecular weight is 829 g/mol. The monoisotopic (exact) mass is 829 g/mol. The number of aliphatic hydroxyl groups excluding tert-OH is 2. The highest BCUT2D eigenvalue weighted by molar-refractivity contribution is 7.47. The van der Waals surface area contributed by atoms with Crippen molar-refractivity contribution in [2.24, 2.45) is 0 Å². The number of unbranched alkanes of at least 4 members (excludes halogenated alkanes) is 23. The zero-order valence-corrected chi connectivity index (χ0v) is 37.2. The number of aliphatic hydroxyl groups is 2. The molecule has 0 aliphatic carbocycles. The number of esters is 2. The van der Waals surface area contributed by atoms with Gasteiger partial charge in [-0.3, -0.25) is 18.6 Å². The number of phosphoric acid groups is 1. The Morgan fingerprint density at radius 2 is 0.947 bits per heavy atom.